The summed E-state index contributed by atoms with van der Waals surface area (Å²) in [6.45, 7) is 6.71. The van der Waals surface area contributed by atoms with E-state index in [1.54, 1.807) is 0 Å². The second-order valence-electron chi connectivity index (χ2n) is 3.01. The minimum atomic E-state index is -0.935. The molecular weight excluding hydrogens is 168 g/mol. The first-order valence-electron chi connectivity index (χ1n) is 4.05. The zero-order chi connectivity index (χ0) is 11.0. The molecule has 1 atom stereocenters. The van der Waals surface area contributed by atoms with Crippen molar-refractivity contribution in [2.45, 2.75) is 20.0 Å². The van der Waals surface area contributed by atoms with Crippen LogP contribution in [-0.4, -0.2) is 43.3 Å². The van der Waals surface area contributed by atoms with Gasteiger partial charge in [-0.15, -0.1) is 0 Å². The maximum Gasteiger partial charge on any atom is 0.330 e. The van der Waals surface area contributed by atoms with E-state index in [9.17, 15) is 4.79 Å². The van der Waals surface area contributed by atoms with Crippen LogP contribution >= 0.6 is 0 Å². The molecule has 78 valence electrons. The normalized spacial score (nSPS) is 11.5. The van der Waals surface area contributed by atoms with E-state index >= 15 is 0 Å². The minimum Gasteiger partial charge on any atom is -0.478 e. The number of rotatable bonds is 3. The quantitative estimate of drug-likeness (QED) is 0.507. The van der Waals surface area contributed by atoms with Gasteiger partial charge in [0.1, 0.15) is 0 Å². The lowest BCUT2D eigenvalue weighted by Gasteiger charge is -2.17. The molecule has 2 N–H and O–H groups in total. The Labute approximate surface area is 80.2 Å². The fourth-order valence-electron chi connectivity index (χ4n) is 0.258. The highest BCUT2D eigenvalue weighted by Crippen LogP contribution is 1.81. The number of hydrogen-bond acceptors (Lipinski definition) is 3. The Balaban J connectivity index is 0. The summed E-state index contributed by atoms with van der Waals surface area (Å²) in [6, 6.07) is 0. The van der Waals surface area contributed by atoms with Gasteiger partial charge in [-0.3, -0.25) is 4.90 Å². The molecule has 4 nitrogen and oxygen atoms in total. The van der Waals surface area contributed by atoms with E-state index in [1.807, 2.05) is 21.1 Å². The van der Waals surface area contributed by atoms with E-state index < -0.39 is 5.97 Å². The second kappa shape index (κ2) is 7.76. The molecule has 0 fully saturated rings. The summed E-state index contributed by atoms with van der Waals surface area (Å²) in [5.41, 5.74) is 0.176. The third-order valence-electron chi connectivity index (χ3n) is 1.56. The summed E-state index contributed by atoms with van der Waals surface area (Å²) < 4.78 is 0. The van der Waals surface area contributed by atoms with Crippen molar-refractivity contribution in [3.63, 3.8) is 0 Å². The summed E-state index contributed by atoms with van der Waals surface area (Å²) in [7, 11) is 6.03. The second-order valence-corrected chi connectivity index (χ2v) is 3.01. The number of nitrogens with zero attached hydrogens (tertiary/aromatic N) is 1. The maximum atomic E-state index is 9.60. The molecule has 0 aromatic carbocycles. The molecule has 0 saturated carbocycles. The van der Waals surface area contributed by atoms with Crippen LogP contribution in [0.15, 0.2) is 12.2 Å². The highest BCUT2D eigenvalue weighted by Gasteiger charge is 1.95. The van der Waals surface area contributed by atoms with Crippen LogP contribution in [-0.2, 0) is 4.79 Å². The molecule has 0 rings (SSSR count). The van der Waals surface area contributed by atoms with E-state index in [1.165, 1.54) is 6.92 Å². The van der Waals surface area contributed by atoms with E-state index in [2.05, 4.69) is 23.7 Å². The van der Waals surface area contributed by atoms with Gasteiger partial charge < -0.3 is 10.4 Å². The van der Waals surface area contributed by atoms with E-state index in [0.717, 1.165) is 0 Å². The van der Waals surface area contributed by atoms with Crippen molar-refractivity contribution in [1.29, 1.82) is 0 Å². The highest BCUT2D eigenvalue weighted by atomic mass is 16.4. The van der Waals surface area contributed by atoms with Gasteiger partial charge in [-0.25, -0.2) is 4.79 Å². The average Bonchev–Trinajstić information content (AvgIpc) is 2.03. The zero-order valence-electron chi connectivity index (χ0n) is 9.09. The minimum absolute atomic E-state index is 0.176. The van der Waals surface area contributed by atoms with Gasteiger partial charge in [0.15, 0.2) is 0 Å². The van der Waals surface area contributed by atoms with E-state index in [4.69, 9.17) is 5.11 Å². The van der Waals surface area contributed by atoms with Gasteiger partial charge in [0.2, 0.25) is 0 Å². The molecule has 13 heavy (non-hydrogen) atoms. The fourth-order valence-corrected chi connectivity index (χ4v) is 0.258. The predicted molar refractivity (Wildman–Crippen MR) is 54.7 cm³/mol. The number of hydrogen-bond donors (Lipinski definition) is 2. The number of nitrogens with one attached hydrogen (secondary N) is 1. The van der Waals surface area contributed by atoms with Crippen molar-refractivity contribution in [1.82, 2.24) is 10.2 Å². The summed E-state index contributed by atoms with van der Waals surface area (Å²) in [6.07, 6.45) is 0.486. The number of aliphatic carboxylic acids is 1. The summed E-state index contributed by atoms with van der Waals surface area (Å²) in [5, 5.41) is 11.0. The monoisotopic (exact) mass is 188 g/mol. The summed E-state index contributed by atoms with van der Waals surface area (Å²) in [4.78, 5) is 11.7. The van der Waals surface area contributed by atoms with E-state index in [-0.39, 0.29) is 5.57 Å². The third-order valence-corrected chi connectivity index (χ3v) is 1.56. The van der Waals surface area contributed by atoms with Crippen LogP contribution < -0.4 is 5.32 Å². The standard InChI is InChI=1S/C5H14N2.C4H6O2/c1-5(6-2)7(3)4;1-3(2)4(5)6/h5-6H,1-4H3;1H2,2H3,(H,5,6). The van der Waals surface area contributed by atoms with Crippen molar-refractivity contribution in [3.05, 3.63) is 12.2 Å². The molecule has 0 aliphatic heterocycles. The van der Waals surface area contributed by atoms with Crippen LogP contribution in [0, 0.1) is 0 Å². The fraction of sp³-hybridized carbons (Fsp3) is 0.667. The molecule has 0 amide bonds. The largest absolute Gasteiger partial charge is 0.478 e. The lowest BCUT2D eigenvalue weighted by molar-refractivity contribution is -0.132. The van der Waals surface area contributed by atoms with Crippen LogP contribution in [0.2, 0.25) is 0 Å². The Hall–Kier alpha value is -0.870. The van der Waals surface area contributed by atoms with Gasteiger partial charge in [-0.05, 0) is 35.0 Å². The smallest absolute Gasteiger partial charge is 0.330 e. The molecule has 0 aromatic heterocycles. The Morgan fingerprint density at radius 1 is 1.54 bits per heavy atom. The first kappa shape index (κ1) is 14.6. The molecular formula is C9H20N2O2. The van der Waals surface area contributed by atoms with Gasteiger partial charge in [-0.2, -0.15) is 0 Å². The number of carboxylic acid groups (broad SMARTS) is 1. The van der Waals surface area contributed by atoms with Crippen molar-refractivity contribution in [3.8, 4) is 0 Å². The first-order chi connectivity index (χ1) is 5.82. The average molecular weight is 188 g/mol. The Bertz CT molecular complexity index is 155. The Morgan fingerprint density at radius 2 is 1.85 bits per heavy atom. The number of carboxylic acids is 1. The van der Waals surface area contributed by atoms with Crippen molar-refractivity contribution in [2.75, 3.05) is 21.1 Å². The van der Waals surface area contributed by atoms with Gasteiger partial charge in [0.25, 0.3) is 0 Å². The van der Waals surface area contributed by atoms with Gasteiger partial charge in [-0.1, -0.05) is 6.58 Å². The topological polar surface area (TPSA) is 52.6 Å². The lowest BCUT2D eigenvalue weighted by atomic mass is 10.4. The molecule has 0 spiro atoms. The van der Waals surface area contributed by atoms with Gasteiger partial charge >= 0.3 is 5.97 Å². The molecule has 0 aromatic rings. The predicted octanol–water partition coefficient (Wildman–Crippen LogP) is 0.760. The van der Waals surface area contributed by atoms with Crippen molar-refractivity contribution < 1.29 is 9.90 Å². The molecule has 0 saturated heterocycles. The van der Waals surface area contributed by atoms with Crippen LogP contribution in [0.5, 0.6) is 0 Å². The lowest BCUT2D eigenvalue weighted by Crippen LogP contribution is -2.35. The van der Waals surface area contributed by atoms with Crippen LogP contribution in [0.4, 0.5) is 0 Å². The Morgan fingerprint density at radius 3 is 1.85 bits per heavy atom. The summed E-state index contributed by atoms with van der Waals surface area (Å²) in [5.74, 6) is -0.935. The molecule has 0 aliphatic rings. The van der Waals surface area contributed by atoms with E-state index in [0.29, 0.717) is 6.17 Å². The van der Waals surface area contributed by atoms with Crippen molar-refractivity contribution in [2.24, 2.45) is 0 Å². The SMILES string of the molecule is C=C(C)C(=O)O.CNC(C)N(C)C. The molecule has 0 aliphatic carbocycles. The Kier molecular flexibility index (Phi) is 8.74. The summed E-state index contributed by atoms with van der Waals surface area (Å²) >= 11 is 0. The van der Waals surface area contributed by atoms with Gasteiger partial charge in [0.05, 0.1) is 6.17 Å². The van der Waals surface area contributed by atoms with Gasteiger partial charge in [0, 0.05) is 5.57 Å². The van der Waals surface area contributed by atoms with Crippen LogP contribution in [0.1, 0.15) is 13.8 Å². The molecule has 1 unspecified atom stereocenters. The number of carbonyl (C=O) groups is 1. The first-order valence-corrected chi connectivity index (χ1v) is 4.05. The molecule has 0 heterocycles. The third kappa shape index (κ3) is 11.1. The maximum absolute atomic E-state index is 9.60. The molecule has 4 heteroatoms. The van der Waals surface area contributed by atoms with Crippen molar-refractivity contribution >= 4 is 5.97 Å². The van der Waals surface area contributed by atoms with Crippen LogP contribution in [0.3, 0.4) is 0 Å². The molecule has 0 radical (unpaired) electrons. The molecule has 0 bridgehead atoms. The highest BCUT2D eigenvalue weighted by molar-refractivity contribution is 5.84. The van der Waals surface area contributed by atoms with Crippen LogP contribution in [0.25, 0.3) is 0 Å². The zero-order valence-corrected chi connectivity index (χ0v) is 9.09.